The smallest absolute Gasteiger partial charge is 0.331 e. The van der Waals surface area contributed by atoms with Crippen molar-refractivity contribution in [2.24, 2.45) is 11.8 Å². The van der Waals surface area contributed by atoms with Crippen molar-refractivity contribution in [3.05, 3.63) is 84.6 Å². The molecule has 0 radical (unpaired) electrons. The number of hydrogen-bond acceptors (Lipinski definition) is 6. The number of cyclic esters (lactones) is 1. The van der Waals surface area contributed by atoms with Gasteiger partial charge in [-0.1, -0.05) is 93.2 Å². The van der Waals surface area contributed by atoms with Gasteiger partial charge in [-0.3, -0.25) is 0 Å². The summed E-state index contributed by atoms with van der Waals surface area (Å²) in [4.78, 5) is 12.3. The number of rotatable bonds is 4. The Morgan fingerprint density at radius 2 is 1.67 bits per heavy atom. The fourth-order valence-corrected chi connectivity index (χ4v) is 3.56. The van der Waals surface area contributed by atoms with Crippen molar-refractivity contribution in [1.29, 1.82) is 0 Å². The number of carbonyl (C=O) groups excluding carboxylic acids is 1. The molecule has 0 spiro atoms. The highest BCUT2D eigenvalue weighted by molar-refractivity contribution is 5.82. The predicted octanol–water partition coefficient (Wildman–Crippen LogP) is 5.02. The summed E-state index contributed by atoms with van der Waals surface area (Å²) in [5, 5.41) is 21.4. The highest BCUT2D eigenvalue weighted by Gasteiger charge is 2.28. The standard InChI is InChI=1S/C30H44O6/c1-7-8-15-25-16-10-9-11-17-27(35-6)30(33)29(32)24(4)19-20-26(34-5)23(3)14-12-13-22(2)18-21-28(31)36-25/h8-15,17-21,23-27,29-30,32-33H,7,16H2,1-6H3/b10-9-,14-12-,15-8+,17-11-,20-19-,21-18-,22-13-/t23-,24-,25-,26+,27-,29+,30+/m0/s1. The molecule has 0 bridgehead atoms. The second kappa shape index (κ2) is 17.8. The van der Waals surface area contributed by atoms with E-state index < -0.39 is 24.3 Å². The highest BCUT2D eigenvalue weighted by atomic mass is 16.5. The van der Waals surface area contributed by atoms with E-state index in [1.54, 1.807) is 31.4 Å². The first-order chi connectivity index (χ1) is 17.2. The van der Waals surface area contributed by atoms with E-state index in [1.165, 1.54) is 13.2 Å². The van der Waals surface area contributed by atoms with Crippen LogP contribution in [0.5, 0.6) is 0 Å². The molecule has 0 saturated carbocycles. The minimum atomic E-state index is -1.11. The van der Waals surface area contributed by atoms with Crippen LogP contribution >= 0.6 is 0 Å². The summed E-state index contributed by atoms with van der Waals surface area (Å²) in [5.41, 5.74) is 0.908. The maximum Gasteiger partial charge on any atom is 0.331 e. The molecule has 0 aromatic carbocycles. The molecule has 0 aromatic rings. The fourth-order valence-electron chi connectivity index (χ4n) is 3.56. The number of ether oxygens (including phenoxy) is 3. The van der Waals surface area contributed by atoms with E-state index in [1.807, 2.05) is 76.3 Å². The number of hydrogen-bond donors (Lipinski definition) is 2. The Morgan fingerprint density at radius 3 is 2.33 bits per heavy atom. The summed E-state index contributed by atoms with van der Waals surface area (Å²) in [6.07, 6.45) is 21.7. The zero-order valence-corrected chi connectivity index (χ0v) is 22.5. The molecule has 7 atom stereocenters. The third-order valence-electron chi connectivity index (χ3n) is 5.92. The van der Waals surface area contributed by atoms with E-state index in [9.17, 15) is 15.0 Å². The molecule has 36 heavy (non-hydrogen) atoms. The summed E-state index contributed by atoms with van der Waals surface area (Å²) in [6.45, 7) is 7.81. The number of aliphatic hydroxyl groups is 2. The molecule has 1 aliphatic heterocycles. The van der Waals surface area contributed by atoms with Crippen molar-refractivity contribution < 1.29 is 29.2 Å². The fraction of sp³-hybridized carbons (Fsp3) is 0.500. The molecule has 0 unspecified atom stereocenters. The normalized spacial score (nSPS) is 37.5. The van der Waals surface area contributed by atoms with Crippen molar-refractivity contribution in [3.63, 3.8) is 0 Å². The Hall–Kier alpha value is -2.51. The molecule has 6 nitrogen and oxygen atoms in total. The lowest BCUT2D eigenvalue weighted by Crippen LogP contribution is -2.40. The summed E-state index contributed by atoms with van der Waals surface area (Å²) in [7, 11) is 3.12. The van der Waals surface area contributed by atoms with Gasteiger partial charge in [0.1, 0.15) is 18.3 Å². The molecule has 0 aromatic heterocycles. The number of aliphatic hydroxyl groups excluding tert-OH is 2. The van der Waals surface area contributed by atoms with Gasteiger partial charge in [-0.2, -0.15) is 0 Å². The molecule has 0 amide bonds. The van der Waals surface area contributed by atoms with Gasteiger partial charge < -0.3 is 24.4 Å². The Morgan fingerprint density at radius 1 is 0.944 bits per heavy atom. The first-order valence-electron chi connectivity index (χ1n) is 12.6. The van der Waals surface area contributed by atoms with Gasteiger partial charge >= 0.3 is 5.97 Å². The lowest BCUT2D eigenvalue weighted by molar-refractivity contribution is -0.140. The molecule has 2 N–H and O–H groups in total. The number of esters is 1. The van der Waals surface area contributed by atoms with E-state index in [4.69, 9.17) is 14.2 Å². The lowest BCUT2D eigenvalue weighted by atomic mass is 9.94. The molecule has 0 fully saturated rings. The summed E-state index contributed by atoms with van der Waals surface area (Å²) < 4.78 is 16.6. The minimum Gasteiger partial charge on any atom is -0.455 e. The Bertz CT molecular complexity index is 848. The largest absolute Gasteiger partial charge is 0.455 e. The van der Waals surface area contributed by atoms with Crippen LogP contribution in [-0.2, 0) is 19.0 Å². The zero-order valence-electron chi connectivity index (χ0n) is 22.5. The average molecular weight is 501 g/mol. The molecular formula is C30H44O6. The van der Waals surface area contributed by atoms with Gasteiger partial charge in [0.05, 0.1) is 12.2 Å². The van der Waals surface area contributed by atoms with E-state index in [0.29, 0.717) is 6.42 Å². The number of allylic oxidation sites excluding steroid dienone is 7. The Labute approximate surface area is 217 Å². The van der Waals surface area contributed by atoms with Crippen LogP contribution in [0.2, 0.25) is 0 Å². The molecular weight excluding hydrogens is 456 g/mol. The Balaban J connectivity index is 3.24. The quantitative estimate of drug-likeness (QED) is 0.417. The lowest BCUT2D eigenvalue weighted by Gasteiger charge is -2.27. The van der Waals surface area contributed by atoms with Crippen LogP contribution in [0, 0.1) is 11.8 Å². The Kier molecular flexibility index (Phi) is 15.6. The first kappa shape index (κ1) is 31.5. The van der Waals surface area contributed by atoms with Crippen molar-refractivity contribution in [3.8, 4) is 0 Å². The third-order valence-corrected chi connectivity index (χ3v) is 5.92. The predicted molar refractivity (Wildman–Crippen MR) is 145 cm³/mol. The van der Waals surface area contributed by atoms with Crippen LogP contribution in [0.1, 0.15) is 40.5 Å². The maximum absolute atomic E-state index is 12.3. The van der Waals surface area contributed by atoms with Crippen molar-refractivity contribution in [2.45, 2.75) is 71.1 Å². The average Bonchev–Trinajstić information content (AvgIpc) is 2.86. The topological polar surface area (TPSA) is 85.2 Å². The number of carbonyl (C=O) groups is 1. The van der Waals surface area contributed by atoms with Gasteiger partial charge in [-0.15, -0.1) is 0 Å². The molecule has 0 saturated heterocycles. The van der Waals surface area contributed by atoms with E-state index >= 15 is 0 Å². The summed E-state index contributed by atoms with van der Waals surface area (Å²) in [5.74, 6) is -0.669. The van der Waals surface area contributed by atoms with Crippen molar-refractivity contribution in [1.82, 2.24) is 0 Å². The monoisotopic (exact) mass is 500 g/mol. The second-order valence-electron chi connectivity index (χ2n) is 8.97. The van der Waals surface area contributed by atoms with E-state index in [0.717, 1.165) is 12.0 Å². The van der Waals surface area contributed by atoms with Gasteiger partial charge in [0.15, 0.2) is 0 Å². The van der Waals surface area contributed by atoms with Gasteiger partial charge in [-0.05, 0) is 19.4 Å². The van der Waals surface area contributed by atoms with Crippen molar-refractivity contribution in [2.75, 3.05) is 14.2 Å². The van der Waals surface area contributed by atoms with Crippen LogP contribution < -0.4 is 0 Å². The first-order valence-corrected chi connectivity index (χ1v) is 12.6. The molecule has 1 rings (SSSR count). The minimum absolute atomic E-state index is 0.0592. The van der Waals surface area contributed by atoms with Gasteiger partial charge in [0.25, 0.3) is 0 Å². The second-order valence-corrected chi connectivity index (χ2v) is 8.97. The van der Waals surface area contributed by atoms with Crippen LogP contribution in [0.3, 0.4) is 0 Å². The molecule has 200 valence electrons. The zero-order chi connectivity index (χ0) is 26.9. The maximum atomic E-state index is 12.3. The van der Waals surface area contributed by atoms with Gasteiger partial charge in [0.2, 0.25) is 0 Å². The van der Waals surface area contributed by atoms with Crippen molar-refractivity contribution >= 4 is 5.97 Å². The van der Waals surface area contributed by atoms with E-state index in [-0.39, 0.29) is 24.0 Å². The van der Waals surface area contributed by atoms with E-state index in [2.05, 4.69) is 0 Å². The number of methoxy groups -OCH3 is 2. The third kappa shape index (κ3) is 12.0. The van der Waals surface area contributed by atoms with Crippen LogP contribution in [0.25, 0.3) is 0 Å². The summed E-state index contributed by atoms with van der Waals surface area (Å²) >= 11 is 0. The molecule has 1 heterocycles. The summed E-state index contributed by atoms with van der Waals surface area (Å²) in [6, 6.07) is 0. The SMILES string of the molecule is CC/C=C/[C@H]1C/C=C\C=C/[C@H](OC)[C@@H](O)[C@H](O)[C@@H](C)/C=C\[C@@H](OC)[C@@H](C)\C=C/C=C(C)\C=C/C(=O)O1. The molecule has 6 heteroatoms. The van der Waals surface area contributed by atoms with Gasteiger partial charge in [-0.25, -0.2) is 4.79 Å². The van der Waals surface area contributed by atoms with Crippen LogP contribution in [0.4, 0.5) is 0 Å². The molecule has 1 aliphatic rings. The van der Waals surface area contributed by atoms with Crippen LogP contribution in [-0.4, -0.2) is 60.9 Å². The highest BCUT2D eigenvalue weighted by Crippen LogP contribution is 2.18. The molecule has 0 aliphatic carbocycles. The van der Waals surface area contributed by atoms with Crippen LogP contribution in [0.15, 0.2) is 84.6 Å². The van der Waals surface area contributed by atoms with Gasteiger partial charge in [0, 0.05) is 38.6 Å².